The van der Waals surface area contributed by atoms with E-state index in [4.69, 9.17) is 16.0 Å². The molecule has 1 aliphatic rings. The van der Waals surface area contributed by atoms with Crippen LogP contribution in [0.4, 0.5) is 0 Å². The highest BCUT2D eigenvalue weighted by molar-refractivity contribution is 6.22. The third-order valence-corrected chi connectivity index (χ3v) is 4.85. The van der Waals surface area contributed by atoms with Crippen molar-refractivity contribution in [3.8, 4) is 0 Å². The molecule has 106 valence electrons. The average molecular weight is 289 g/mol. The molecule has 1 nitrogen and oxygen atoms in total. The van der Waals surface area contributed by atoms with Crippen LogP contribution < -0.4 is 0 Å². The van der Waals surface area contributed by atoms with Crippen LogP contribution in [0, 0.1) is 6.92 Å². The number of hydrogen-bond donors (Lipinski definition) is 0. The van der Waals surface area contributed by atoms with Gasteiger partial charge in [0.15, 0.2) is 0 Å². The Bertz CT molecular complexity index is 549. The fourth-order valence-corrected chi connectivity index (χ4v) is 3.42. The van der Waals surface area contributed by atoms with Gasteiger partial charge in [-0.25, -0.2) is 0 Å². The molecule has 0 spiro atoms. The topological polar surface area (TPSA) is 13.1 Å². The number of halogens is 1. The summed E-state index contributed by atoms with van der Waals surface area (Å²) in [6.45, 7) is 1.94. The van der Waals surface area contributed by atoms with Crippen molar-refractivity contribution in [3.63, 3.8) is 0 Å². The summed E-state index contributed by atoms with van der Waals surface area (Å²) in [6.07, 6.45) is 8.58. The second-order valence-electron chi connectivity index (χ2n) is 5.85. The largest absolute Gasteiger partial charge is 0.469 e. The van der Waals surface area contributed by atoms with Crippen molar-refractivity contribution in [2.75, 3.05) is 0 Å². The Morgan fingerprint density at radius 2 is 1.75 bits per heavy atom. The Kier molecular flexibility index (Phi) is 4.16. The van der Waals surface area contributed by atoms with E-state index < -0.39 is 0 Å². The zero-order valence-corrected chi connectivity index (χ0v) is 12.7. The van der Waals surface area contributed by atoms with Gasteiger partial charge < -0.3 is 4.42 Å². The number of aryl methyl sites for hydroxylation is 1. The molecular formula is C18H21ClO. The molecule has 20 heavy (non-hydrogen) atoms. The van der Waals surface area contributed by atoms with E-state index in [2.05, 4.69) is 24.3 Å². The van der Waals surface area contributed by atoms with Gasteiger partial charge in [-0.15, -0.1) is 11.6 Å². The van der Waals surface area contributed by atoms with E-state index in [-0.39, 0.29) is 5.38 Å². The smallest absolute Gasteiger partial charge is 0.101 e. The van der Waals surface area contributed by atoms with Crippen molar-refractivity contribution in [2.24, 2.45) is 0 Å². The van der Waals surface area contributed by atoms with Crippen LogP contribution in [0.1, 0.15) is 65.8 Å². The van der Waals surface area contributed by atoms with Crippen LogP contribution in [0.5, 0.6) is 0 Å². The van der Waals surface area contributed by atoms with Crippen LogP contribution in [0.15, 0.2) is 41.0 Å². The molecule has 1 heterocycles. The first-order valence-corrected chi connectivity index (χ1v) is 7.96. The molecule has 3 rings (SSSR count). The van der Waals surface area contributed by atoms with E-state index in [9.17, 15) is 0 Å². The predicted octanol–water partition coefficient (Wildman–Crippen LogP) is 5.96. The van der Waals surface area contributed by atoms with Crippen molar-refractivity contribution in [2.45, 2.75) is 50.3 Å². The van der Waals surface area contributed by atoms with Gasteiger partial charge in [0.25, 0.3) is 0 Å². The number of rotatable bonds is 3. The van der Waals surface area contributed by atoms with Gasteiger partial charge in [0.2, 0.25) is 0 Å². The van der Waals surface area contributed by atoms with E-state index in [0.29, 0.717) is 0 Å². The lowest BCUT2D eigenvalue weighted by Gasteiger charge is -2.22. The van der Waals surface area contributed by atoms with E-state index in [0.717, 1.165) is 22.8 Å². The van der Waals surface area contributed by atoms with Crippen molar-refractivity contribution in [3.05, 3.63) is 59.0 Å². The number of benzene rings is 1. The maximum Gasteiger partial charge on any atom is 0.101 e. The highest BCUT2D eigenvalue weighted by Crippen LogP contribution is 2.35. The maximum atomic E-state index is 6.52. The summed E-state index contributed by atoms with van der Waals surface area (Å²) in [7, 11) is 0. The second-order valence-corrected chi connectivity index (χ2v) is 6.29. The fraction of sp³-hybridized carbons (Fsp3) is 0.444. The fourth-order valence-electron chi connectivity index (χ4n) is 3.16. The molecule has 1 aliphatic carbocycles. The molecule has 1 fully saturated rings. The second kappa shape index (κ2) is 6.05. The normalized spacial score (nSPS) is 18.1. The van der Waals surface area contributed by atoms with Crippen LogP contribution >= 0.6 is 11.6 Å². The van der Waals surface area contributed by atoms with Gasteiger partial charge in [0.1, 0.15) is 5.76 Å². The Labute approximate surface area is 125 Å². The monoisotopic (exact) mass is 288 g/mol. The molecule has 1 saturated carbocycles. The molecule has 0 amide bonds. The Morgan fingerprint density at radius 3 is 2.35 bits per heavy atom. The van der Waals surface area contributed by atoms with Crippen LogP contribution in [-0.2, 0) is 0 Å². The SMILES string of the molecule is Cc1cc(C(Cl)c2ccc(C3CCCCC3)cc2)co1. The lowest BCUT2D eigenvalue weighted by atomic mass is 9.84. The molecule has 0 aliphatic heterocycles. The lowest BCUT2D eigenvalue weighted by Crippen LogP contribution is -2.04. The minimum absolute atomic E-state index is 0.118. The zero-order valence-electron chi connectivity index (χ0n) is 11.9. The molecule has 2 heteroatoms. The van der Waals surface area contributed by atoms with Crippen molar-refractivity contribution >= 4 is 11.6 Å². The van der Waals surface area contributed by atoms with Gasteiger partial charge in [-0.2, -0.15) is 0 Å². The van der Waals surface area contributed by atoms with Crippen molar-refractivity contribution in [1.29, 1.82) is 0 Å². The molecule has 2 aromatic rings. The van der Waals surface area contributed by atoms with Gasteiger partial charge in [-0.05, 0) is 42.9 Å². The maximum absolute atomic E-state index is 6.52. The highest BCUT2D eigenvalue weighted by Gasteiger charge is 2.17. The highest BCUT2D eigenvalue weighted by atomic mass is 35.5. The summed E-state index contributed by atoms with van der Waals surface area (Å²) in [5, 5.41) is -0.118. The van der Waals surface area contributed by atoms with E-state index in [1.807, 2.05) is 13.0 Å². The van der Waals surface area contributed by atoms with Gasteiger partial charge >= 0.3 is 0 Å². The zero-order chi connectivity index (χ0) is 13.9. The number of alkyl halides is 1. The summed E-state index contributed by atoms with van der Waals surface area (Å²) in [5.41, 5.74) is 3.65. The van der Waals surface area contributed by atoms with Crippen LogP contribution in [0.25, 0.3) is 0 Å². The van der Waals surface area contributed by atoms with E-state index in [1.165, 1.54) is 37.7 Å². The first-order chi connectivity index (χ1) is 9.74. The average Bonchev–Trinajstić information content (AvgIpc) is 2.94. The quantitative estimate of drug-likeness (QED) is 0.635. The van der Waals surface area contributed by atoms with Gasteiger partial charge in [-0.3, -0.25) is 0 Å². The van der Waals surface area contributed by atoms with Gasteiger partial charge in [0, 0.05) is 5.56 Å². The number of furan rings is 1. The Balaban J connectivity index is 1.75. The first kappa shape index (κ1) is 13.8. The van der Waals surface area contributed by atoms with E-state index >= 15 is 0 Å². The molecular weight excluding hydrogens is 268 g/mol. The van der Waals surface area contributed by atoms with Crippen LogP contribution in [0.2, 0.25) is 0 Å². The standard InChI is InChI=1S/C18H21ClO/c1-13-11-17(12-20-13)18(19)16-9-7-15(8-10-16)14-5-3-2-4-6-14/h7-12,14,18H,2-6H2,1H3. The van der Waals surface area contributed by atoms with Crippen LogP contribution in [0.3, 0.4) is 0 Å². The van der Waals surface area contributed by atoms with Crippen LogP contribution in [-0.4, -0.2) is 0 Å². The summed E-state index contributed by atoms with van der Waals surface area (Å²) in [4.78, 5) is 0. The molecule has 0 N–H and O–H groups in total. The summed E-state index contributed by atoms with van der Waals surface area (Å²) >= 11 is 6.52. The first-order valence-electron chi connectivity index (χ1n) is 7.53. The van der Waals surface area contributed by atoms with Gasteiger partial charge in [-0.1, -0.05) is 43.5 Å². The molecule has 1 aromatic heterocycles. The number of hydrogen-bond acceptors (Lipinski definition) is 1. The molecule has 1 unspecified atom stereocenters. The third-order valence-electron chi connectivity index (χ3n) is 4.35. The minimum Gasteiger partial charge on any atom is -0.469 e. The summed E-state index contributed by atoms with van der Waals surface area (Å²) in [5.74, 6) is 1.66. The molecule has 1 aromatic carbocycles. The van der Waals surface area contributed by atoms with Crippen molar-refractivity contribution in [1.82, 2.24) is 0 Å². The van der Waals surface area contributed by atoms with E-state index in [1.54, 1.807) is 6.26 Å². The molecule has 0 saturated heterocycles. The predicted molar refractivity (Wildman–Crippen MR) is 83.4 cm³/mol. The Hall–Kier alpha value is -1.21. The summed E-state index contributed by atoms with van der Waals surface area (Å²) in [6, 6.07) is 10.9. The summed E-state index contributed by atoms with van der Waals surface area (Å²) < 4.78 is 5.34. The van der Waals surface area contributed by atoms with Crippen molar-refractivity contribution < 1.29 is 4.42 Å². The molecule has 1 atom stereocenters. The molecule has 0 radical (unpaired) electrons. The molecule has 0 bridgehead atoms. The minimum atomic E-state index is -0.118. The van der Waals surface area contributed by atoms with Gasteiger partial charge in [0.05, 0.1) is 11.6 Å². The third kappa shape index (κ3) is 2.93. The Morgan fingerprint density at radius 1 is 1.05 bits per heavy atom. The lowest BCUT2D eigenvalue weighted by molar-refractivity contribution is 0.443.